The first-order chi connectivity index (χ1) is 9.88. The lowest BCUT2D eigenvalue weighted by atomic mass is 10.2. The normalized spacial score (nSPS) is 10.2. The van der Waals surface area contributed by atoms with Crippen LogP contribution in [0.4, 0.5) is 11.4 Å². The van der Waals surface area contributed by atoms with Crippen molar-refractivity contribution >= 4 is 40.5 Å². The third-order valence-corrected chi connectivity index (χ3v) is 3.00. The number of hydrogen-bond donors (Lipinski definition) is 2. The number of nitrogens with zero attached hydrogens (tertiary/aromatic N) is 2. The van der Waals surface area contributed by atoms with Crippen LogP contribution in [0.2, 0.25) is 10.3 Å². The van der Waals surface area contributed by atoms with Gasteiger partial charge in [0.05, 0.1) is 22.2 Å². The number of carbonyl (C=O) groups is 1. The van der Waals surface area contributed by atoms with Crippen molar-refractivity contribution in [3.63, 3.8) is 0 Å². The topological polar surface area (TPSA) is 105 Å². The van der Waals surface area contributed by atoms with Crippen LogP contribution in [0.3, 0.4) is 0 Å². The Morgan fingerprint density at radius 1 is 1.29 bits per heavy atom. The minimum Gasteiger partial charge on any atom is -0.506 e. The molecule has 1 heterocycles. The molecule has 0 saturated heterocycles. The summed E-state index contributed by atoms with van der Waals surface area (Å²) in [6, 6.07) is 6.05. The number of anilines is 1. The van der Waals surface area contributed by atoms with E-state index in [9.17, 15) is 20.0 Å². The van der Waals surface area contributed by atoms with Gasteiger partial charge in [0.1, 0.15) is 16.1 Å². The van der Waals surface area contributed by atoms with Gasteiger partial charge in [0, 0.05) is 6.07 Å². The molecule has 2 aromatic rings. The lowest BCUT2D eigenvalue weighted by Gasteiger charge is -2.08. The summed E-state index contributed by atoms with van der Waals surface area (Å²) in [6.45, 7) is 0. The predicted molar refractivity (Wildman–Crippen MR) is 77.0 cm³/mol. The van der Waals surface area contributed by atoms with Gasteiger partial charge in [-0.25, -0.2) is 4.98 Å². The third kappa shape index (κ3) is 3.39. The Morgan fingerprint density at radius 2 is 2.00 bits per heavy atom. The van der Waals surface area contributed by atoms with E-state index in [1.807, 2.05) is 0 Å². The summed E-state index contributed by atoms with van der Waals surface area (Å²) >= 11 is 11.4. The molecule has 0 aliphatic rings. The molecule has 0 spiro atoms. The first-order valence-corrected chi connectivity index (χ1v) is 6.25. The van der Waals surface area contributed by atoms with Gasteiger partial charge >= 0.3 is 0 Å². The highest BCUT2D eigenvalue weighted by Gasteiger charge is 2.16. The van der Waals surface area contributed by atoms with Gasteiger partial charge in [-0.1, -0.05) is 23.2 Å². The van der Waals surface area contributed by atoms with Crippen LogP contribution in [0.1, 0.15) is 10.4 Å². The van der Waals surface area contributed by atoms with E-state index in [-0.39, 0.29) is 27.2 Å². The van der Waals surface area contributed by atoms with Gasteiger partial charge in [-0.2, -0.15) is 0 Å². The summed E-state index contributed by atoms with van der Waals surface area (Å²) in [5.74, 6) is -1.07. The number of phenolic OH excluding ortho intramolecular Hbond substituents is 1. The summed E-state index contributed by atoms with van der Waals surface area (Å²) in [4.78, 5) is 25.6. The quantitative estimate of drug-likeness (QED) is 0.389. The molecule has 0 fully saturated rings. The molecule has 1 amide bonds. The molecule has 2 rings (SSSR count). The van der Waals surface area contributed by atoms with Crippen LogP contribution in [0.25, 0.3) is 0 Å². The smallest absolute Gasteiger partial charge is 0.273 e. The van der Waals surface area contributed by atoms with Crippen molar-refractivity contribution < 1.29 is 14.8 Å². The number of nitrogens with one attached hydrogen (secondary N) is 1. The molecule has 0 unspecified atom stereocenters. The number of hydrogen-bond acceptors (Lipinski definition) is 5. The Balaban J connectivity index is 2.25. The molecule has 0 aliphatic carbocycles. The zero-order valence-electron chi connectivity index (χ0n) is 10.2. The number of amides is 1. The maximum absolute atomic E-state index is 12.0. The van der Waals surface area contributed by atoms with Crippen molar-refractivity contribution in [3.8, 4) is 5.75 Å². The van der Waals surface area contributed by atoms with Crippen LogP contribution < -0.4 is 5.32 Å². The fourth-order valence-corrected chi connectivity index (χ4v) is 1.94. The van der Waals surface area contributed by atoms with E-state index in [0.29, 0.717) is 0 Å². The van der Waals surface area contributed by atoms with Crippen LogP contribution in [0.5, 0.6) is 5.75 Å². The van der Waals surface area contributed by atoms with Crippen LogP contribution in [0, 0.1) is 10.1 Å². The number of nitro groups is 1. The molecule has 1 aromatic heterocycles. The van der Waals surface area contributed by atoms with Crippen molar-refractivity contribution in [2.24, 2.45) is 0 Å². The number of phenols is 1. The summed E-state index contributed by atoms with van der Waals surface area (Å²) < 4.78 is 0. The van der Waals surface area contributed by atoms with E-state index < -0.39 is 16.6 Å². The number of aromatic nitrogens is 1. The van der Waals surface area contributed by atoms with E-state index in [1.54, 1.807) is 0 Å². The molecule has 0 saturated carbocycles. The highest BCUT2D eigenvalue weighted by Crippen LogP contribution is 2.28. The fourth-order valence-electron chi connectivity index (χ4n) is 1.51. The van der Waals surface area contributed by atoms with Gasteiger partial charge in [0.15, 0.2) is 0 Å². The third-order valence-electron chi connectivity index (χ3n) is 2.50. The minimum atomic E-state index is -0.661. The van der Waals surface area contributed by atoms with Crippen LogP contribution in [0.15, 0.2) is 30.3 Å². The summed E-state index contributed by atoms with van der Waals surface area (Å²) in [5, 5.41) is 22.6. The first kappa shape index (κ1) is 15.0. The van der Waals surface area contributed by atoms with E-state index >= 15 is 0 Å². The van der Waals surface area contributed by atoms with Crippen LogP contribution in [-0.4, -0.2) is 20.9 Å². The standard InChI is InChI=1S/C12H7Cl2N3O4/c13-10-4-2-7(11(14)16-10)12(19)15-8-3-1-6(17(20)21)5-9(8)18/h1-5,18H,(H,15,19). The van der Waals surface area contributed by atoms with Gasteiger partial charge in [-0.05, 0) is 18.2 Å². The van der Waals surface area contributed by atoms with E-state index in [1.165, 1.54) is 18.2 Å². The van der Waals surface area contributed by atoms with E-state index in [0.717, 1.165) is 12.1 Å². The molecule has 0 atom stereocenters. The number of aromatic hydroxyl groups is 1. The lowest BCUT2D eigenvalue weighted by molar-refractivity contribution is -0.384. The largest absolute Gasteiger partial charge is 0.506 e. The second-order valence-electron chi connectivity index (χ2n) is 3.89. The zero-order valence-corrected chi connectivity index (χ0v) is 11.7. The molecular weight excluding hydrogens is 321 g/mol. The summed E-state index contributed by atoms with van der Waals surface area (Å²) in [7, 11) is 0. The van der Waals surface area contributed by atoms with E-state index in [4.69, 9.17) is 23.2 Å². The van der Waals surface area contributed by atoms with E-state index in [2.05, 4.69) is 10.3 Å². The predicted octanol–water partition coefficient (Wildman–Crippen LogP) is 3.25. The molecule has 0 aliphatic heterocycles. The van der Waals surface area contributed by atoms with Crippen molar-refractivity contribution in [2.45, 2.75) is 0 Å². The number of rotatable bonds is 3. The fraction of sp³-hybridized carbons (Fsp3) is 0. The van der Waals surface area contributed by atoms with Crippen LogP contribution in [-0.2, 0) is 0 Å². The molecule has 2 N–H and O–H groups in total. The molecule has 9 heteroatoms. The van der Waals surface area contributed by atoms with Gasteiger partial charge in [0.25, 0.3) is 11.6 Å². The Morgan fingerprint density at radius 3 is 2.57 bits per heavy atom. The van der Waals surface area contributed by atoms with Crippen molar-refractivity contribution in [1.82, 2.24) is 4.98 Å². The number of halogens is 2. The maximum atomic E-state index is 12.0. The Hall–Kier alpha value is -2.38. The van der Waals surface area contributed by atoms with Gasteiger partial charge in [-0.15, -0.1) is 0 Å². The zero-order chi connectivity index (χ0) is 15.6. The monoisotopic (exact) mass is 327 g/mol. The minimum absolute atomic E-state index is 0.0108. The maximum Gasteiger partial charge on any atom is 0.273 e. The van der Waals surface area contributed by atoms with Crippen LogP contribution >= 0.6 is 23.2 Å². The van der Waals surface area contributed by atoms with Gasteiger partial charge in [-0.3, -0.25) is 14.9 Å². The summed E-state index contributed by atoms with van der Waals surface area (Å²) in [6.07, 6.45) is 0. The molecule has 0 radical (unpaired) electrons. The number of pyridine rings is 1. The molecule has 7 nitrogen and oxygen atoms in total. The highest BCUT2D eigenvalue weighted by molar-refractivity contribution is 6.35. The molecule has 0 bridgehead atoms. The van der Waals surface area contributed by atoms with Crippen molar-refractivity contribution in [2.75, 3.05) is 5.32 Å². The molecule has 21 heavy (non-hydrogen) atoms. The Labute approximate surface area is 128 Å². The van der Waals surface area contributed by atoms with Crippen molar-refractivity contribution in [3.05, 3.63) is 56.3 Å². The highest BCUT2D eigenvalue weighted by atomic mass is 35.5. The number of nitro benzene ring substituents is 1. The summed E-state index contributed by atoms with van der Waals surface area (Å²) in [5.41, 5.74) is -0.230. The SMILES string of the molecule is O=C(Nc1ccc([N+](=O)[O-])cc1O)c1ccc(Cl)nc1Cl. The second kappa shape index (κ2) is 5.94. The Bertz CT molecular complexity index is 736. The van der Waals surface area contributed by atoms with Gasteiger partial charge < -0.3 is 10.4 Å². The number of benzene rings is 1. The molecular formula is C12H7Cl2N3O4. The second-order valence-corrected chi connectivity index (χ2v) is 4.63. The average molecular weight is 328 g/mol. The van der Waals surface area contributed by atoms with Crippen molar-refractivity contribution in [1.29, 1.82) is 0 Å². The first-order valence-electron chi connectivity index (χ1n) is 5.49. The average Bonchev–Trinajstić information content (AvgIpc) is 2.40. The molecule has 1 aromatic carbocycles. The Kier molecular flexibility index (Phi) is 4.25. The lowest BCUT2D eigenvalue weighted by Crippen LogP contribution is -2.13. The molecule has 108 valence electrons. The number of non-ortho nitro benzene ring substituents is 1. The van der Waals surface area contributed by atoms with Gasteiger partial charge in [0.2, 0.25) is 0 Å². The number of carbonyl (C=O) groups excluding carboxylic acids is 1.